The molecule has 0 radical (unpaired) electrons. The Balaban J connectivity index is 1.49. The Hall–Kier alpha value is -3.22. The summed E-state index contributed by atoms with van der Waals surface area (Å²) < 4.78 is 5.28. The molecule has 2 N–H and O–H groups in total. The van der Waals surface area contributed by atoms with Crippen LogP contribution >= 0.6 is 11.9 Å². The van der Waals surface area contributed by atoms with E-state index in [0.717, 1.165) is 22.2 Å². The number of rotatable bonds is 7. The fraction of sp³-hybridized carbons (Fsp3) is 0.375. The molecular formula is C24H28N6O2S. The number of nitrogens with one attached hydrogen (secondary N) is 2. The van der Waals surface area contributed by atoms with Crippen molar-refractivity contribution < 1.29 is 9.59 Å². The summed E-state index contributed by atoms with van der Waals surface area (Å²) in [6.07, 6.45) is 5.09. The molecule has 33 heavy (non-hydrogen) atoms. The molecule has 0 spiro atoms. The van der Waals surface area contributed by atoms with Crippen molar-refractivity contribution in [2.24, 2.45) is 0 Å². The van der Waals surface area contributed by atoms with Crippen molar-refractivity contribution in [1.82, 2.24) is 24.1 Å². The van der Waals surface area contributed by atoms with Crippen LogP contribution in [0.2, 0.25) is 0 Å². The highest BCUT2D eigenvalue weighted by atomic mass is 32.2. The summed E-state index contributed by atoms with van der Waals surface area (Å²) in [6, 6.07) is 13.5. The molecule has 0 saturated carbocycles. The topological polar surface area (TPSA) is 97.2 Å². The molecule has 3 aromatic rings. The number of aryl methyl sites for hydroxylation is 1. The molecule has 3 heterocycles. The minimum Gasteiger partial charge on any atom is -0.361 e. The van der Waals surface area contributed by atoms with Crippen LogP contribution in [-0.4, -0.2) is 63.4 Å². The lowest BCUT2D eigenvalue weighted by Gasteiger charge is -2.27. The van der Waals surface area contributed by atoms with E-state index in [-0.39, 0.29) is 11.8 Å². The zero-order valence-electron chi connectivity index (χ0n) is 18.7. The summed E-state index contributed by atoms with van der Waals surface area (Å²) in [5, 5.41) is 10.4. The monoisotopic (exact) mass is 464 g/mol. The van der Waals surface area contributed by atoms with Gasteiger partial charge in [-0.1, -0.05) is 6.07 Å². The highest BCUT2D eigenvalue weighted by molar-refractivity contribution is 7.97. The van der Waals surface area contributed by atoms with E-state index in [0.29, 0.717) is 44.8 Å². The molecule has 172 valence electrons. The van der Waals surface area contributed by atoms with Crippen LogP contribution < -0.4 is 4.72 Å². The molecule has 1 atom stereocenters. The van der Waals surface area contributed by atoms with Gasteiger partial charge in [-0.2, -0.15) is 5.26 Å². The van der Waals surface area contributed by atoms with Crippen molar-refractivity contribution >= 4 is 34.7 Å². The number of nitriles is 1. The Kier molecular flexibility index (Phi) is 7.37. The Bertz CT molecular complexity index is 1160. The van der Waals surface area contributed by atoms with Gasteiger partial charge in [0, 0.05) is 67.8 Å². The maximum Gasteiger partial charge on any atom is 0.240 e. The molecule has 2 amide bonds. The average molecular weight is 465 g/mol. The summed E-state index contributed by atoms with van der Waals surface area (Å²) in [4.78, 5) is 33.2. The molecule has 2 aromatic heterocycles. The Morgan fingerprint density at radius 1 is 1.15 bits per heavy atom. The van der Waals surface area contributed by atoms with Crippen molar-refractivity contribution in [1.29, 1.82) is 5.26 Å². The number of fused-ring (bicyclic) bond motifs is 1. The maximum absolute atomic E-state index is 13.5. The zero-order valence-corrected chi connectivity index (χ0v) is 19.5. The summed E-state index contributed by atoms with van der Waals surface area (Å²) >= 11 is 1.46. The van der Waals surface area contributed by atoms with Gasteiger partial charge in [0.2, 0.25) is 11.8 Å². The quantitative estimate of drug-likeness (QED) is 0.524. The molecule has 1 saturated heterocycles. The number of benzene rings is 1. The molecule has 0 bridgehead atoms. The Labute approximate surface area is 197 Å². The van der Waals surface area contributed by atoms with Gasteiger partial charge in [0.05, 0.1) is 6.04 Å². The van der Waals surface area contributed by atoms with Crippen LogP contribution in [0.5, 0.6) is 0 Å². The van der Waals surface area contributed by atoms with Gasteiger partial charge in [0.1, 0.15) is 11.8 Å². The summed E-state index contributed by atoms with van der Waals surface area (Å²) in [6.45, 7) is 4.52. The van der Waals surface area contributed by atoms with Crippen LogP contribution in [-0.2, 0) is 16.1 Å². The Morgan fingerprint density at radius 2 is 1.97 bits per heavy atom. The third kappa shape index (κ3) is 5.41. The number of aromatic amines is 1. The third-order valence-electron chi connectivity index (χ3n) is 6.02. The molecule has 8 nitrogen and oxygen atoms in total. The summed E-state index contributed by atoms with van der Waals surface area (Å²) in [5.74, 6) is 0.0746. The summed E-state index contributed by atoms with van der Waals surface area (Å²) in [5.41, 5.74) is 1.63. The van der Waals surface area contributed by atoms with Gasteiger partial charge in [0.25, 0.3) is 0 Å². The lowest BCUT2D eigenvalue weighted by atomic mass is 10.2. The number of carbonyl (C=O) groups is 2. The SMILES string of the molecule is CC(=O)N1CCCN(C(=O)C(CCn2cccc2C#N)NSc2cccc3[nH]ccc23)CC1. The molecular weight excluding hydrogens is 436 g/mol. The normalized spacial score (nSPS) is 15.3. The lowest BCUT2D eigenvalue weighted by molar-refractivity contribution is -0.134. The van der Waals surface area contributed by atoms with Gasteiger partial charge >= 0.3 is 0 Å². The number of hydrogen-bond acceptors (Lipinski definition) is 5. The first-order chi connectivity index (χ1) is 16.1. The minimum atomic E-state index is -0.429. The van der Waals surface area contributed by atoms with Crippen LogP contribution in [0.15, 0.2) is 53.7 Å². The number of carbonyl (C=O) groups excluding carboxylic acids is 2. The fourth-order valence-electron chi connectivity index (χ4n) is 4.16. The van der Waals surface area contributed by atoms with E-state index in [1.807, 2.05) is 52.2 Å². The molecule has 1 unspecified atom stereocenters. The van der Waals surface area contributed by atoms with Crippen LogP contribution in [0.25, 0.3) is 10.9 Å². The van der Waals surface area contributed by atoms with E-state index in [1.165, 1.54) is 11.9 Å². The van der Waals surface area contributed by atoms with E-state index in [9.17, 15) is 14.9 Å². The second-order valence-corrected chi connectivity index (χ2v) is 9.02. The predicted molar refractivity (Wildman–Crippen MR) is 128 cm³/mol. The van der Waals surface area contributed by atoms with Gasteiger partial charge in [-0.05, 0) is 55.1 Å². The van der Waals surface area contributed by atoms with Gasteiger partial charge < -0.3 is 19.4 Å². The van der Waals surface area contributed by atoms with Crippen LogP contribution in [0, 0.1) is 11.3 Å². The van der Waals surface area contributed by atoms with Crippen molar-refractivity contribution in [3.63, 3.8) is 0 Å². The number of aromatic nitrogens is 2. The fourth-order valence-corrected chi connectivity index (χ4v) is 5.09. The van der Waals surface area contributed by atoms with Gasteiger partial charge in [-0.15, -0.1) is 0 Å². The molecule has 1 aromatic carbocycles. The van der Waals surface area contributed by atoms with Crippen LogP contribution in [0.3, 0.4) is 0 Å². The highest BCUT2D eigenvalue weighted by Gasteiger charge is 2.27. The summed E-state index contributed by atoms with van der Waals surface area (Å²) in [7, 11) is 0. The molecule has 1 aliphatic heterocycles. The molecule has 0 aliphatic carbocycles. The van der Waals surface area contributed by atoms with E-state index < -0.39 is 6.04 Å². The van der Waals surface area contributed by atoms with E-state index in [2.05, 4.69) is 15.8 Å². The number of amides is 2. The van der Waals surface area contributed by atoms with Gasteiger partial charge in [-0.3, -0.25) is 9.59 Å². The Morgan fingerprint density at radius 3 is 2.79 bits per heavy atom. The predicted octanol–water partition coefficient (Wildman–Crippen LogP) is 2.98. The van der Waals surface area contributed by atoms with Gasteiger partial charge in [-0.25, -0.2) is 4.72 Å². The first-order valence-electron chi connectivity index (χ1n) is 11.1. The lowest BCUT2D eigenvalue weighted by Crippen LogP contribution is -2.46. The maximum atomic E-state index is 13.5. The molecule has 1 fully saturated rings. The van der Waals surface area contributed by atoms with Crippen molar-refractivity contribution in [3.8, 4) is 6.07 Å². The van der Waals surface area contributed by atoms with E-state index in [4.69, 9.17) is 0 Å². The second-order valence-electron chi connectivity index (χ2n) is 8.14. The van der Waals surface area contributed by atoms with Crippen LogP contribution in [0.1, 0.15) is 25.5 Å². The largest absolute Gasteiger partial charge is 0.361 e. The minimum absolute atomic E-state index is 0.0276. The van der Waals surface area contributed by atoms with E-state index in [1.54, 1.807) is 17.9 Å². The molecule has 9 heteroatoms. The van der Waals surface area contributed by atoms with Crippen molar-refractivity contribution in [2.75, 3.05) is 26.2 Å². The number of nitrogens with zero attached hydrogens (tertiary/aromatic N) is 4. The van der Waals surface area contributed by atoms with Crippen molar-refractivity contribution in [3.05, 3.63) is 54.5 Å². The second kappa shape index (κ2) is 10.6. The third-order valence-corrected chi connectivity index (χ3v) is 7.00. The van der Waals surface area contributed by atoms with Gasteiger partial charge in [0.15, 0.2) is 0 Å². The van der Waals surface area contributed by atoms with Crippen molar-refractivity contribution in [2.45, 2.75) is 37.2 Å². The van der Waals surface area contributed by atoms with E-state index >= 15 is 0 Å². The number of hydrogen-bond donors (Lipinski definition) is 2. The molecule has 4 rings (SSSR count). The molecule has 1 aliphatic rings. The average Bonchev–Trinajstić information content (AvgIpc) is 3.41. The first kappa shape index (κ1) is 23.0. The number of H-pyrrole nitrogens is 1. The standard InChI is InChI=1S/C24H28N6O2S/c1-18(31)28-12-4-13-30(16-15-28)24(32)22(9-14-29-11-3-5-19(29)17-25)27-33-23-7-2-6-21-20(23)8-10-26-21/h2-3,5-8,10-11,22,26-27H,4,9,12-16H2,1H3. The van der Waals surface area contributed by atoms with Crippen LogP contribution in [0.4, 0.5) is 0 Å². The zero-order chi connectivity index (χ0) is 23.2. The highest BCUT2D eigenvalue weighted by Crippen LogP contribution is 2.26. The smallest absolute Gasteiger partial charge is 0.240 e. The first-order valence-corrected chi connectivity index (χ1v) is 12.0.